The molecular formula is C21H36N4O3. The lowest BCUT2D eigenvalue weighted by Gasteiger charge is -2.29. The summed E-state index contributed by atoms with van der Waals surface area (Å²) in [5.41, 5.74) is 1.31. The second-order valence-electron chi connectivity index (χ2n) is 7.18. The molecule has 0 aliphatic carbocycles. The molecule has 0 aliphatic rings. The molecule has 1 aromatic rings. The number of benzene rings is 1. The lowest BCUT2D eigenvalue weighted by atomic mass is 9.79. The molecule has 0 saturated heterocycles. The summed E-state index contributed by atoms with van der Waals surface area (Å²) in [7, 11) is 0. The van der Waals surface area contributed by atoms with Crippen molar-refractivity contribution in [1.82, 2.24) is 10.6 Å². The average molecular weight is 393 g/mol. The fourth-order valence-corrected chi connectivity index (χ4v) is 3.18. The number of nitro benzene ring substituents is 1. The van der Waals surface area contributed by atoms with Gasteiger partial charge in [0.1, 0.15) is 0 Å². The molecule has 3 N–H and O–H groups in total. The minimum absolute atomic E-state index is 0.0625. The number of non-ortho nitro benzene ring substituents is 1. The van der Waals surface area contributed by atoms with E-state index in [0.29, 0.717) is 6.54 Å². The summed E-state index contributed by atoms with van der Waals surface area (Å²) in [5, 5.41) is 26.7. The summed E-state index contributed by atoms with van der Waals surface area (Å²) >= 11 is 0. The number of rotatable bonds is 13. The molecule has 28 heavy (non-hydrogen) atoms. The van der Waals surface area contributed by atoms with Crippen LogP contribution in [-0.4, -0.2) is 42.2 Å². The minimum atomic E-state index is -0.373. The Morgan fingerprint density at radius 1 is 1.14 bits per heavy atom. The highest BCUT2D eigenvalue weighted by Gasteiger charge is 2.25. The number of aliphatic hydroxyl groups excluding tert-OH is 1. The van der Waals surface area contributed by atoms with E-state index in [1.54, 1.807) is 12.1 Å². The number of unbranched alkanes of at least 4 members (excludes halogenated alkanes) is 1. The SMILES string of the molecule is CCNC(=NCC(CC)(CC)CCO)NCCCCc1ccc([N+](=O)[O-])cc1. The molecule has 0 atom stereocenters. The highest BCUT2D eigenvalue weighted by atomic mass is 16.6. The second kappa shape index (κ2) is 13.1. The largest absolute Gasteiger partial charge is 0.396 e. The van der Waals surface area contributed by atoms with Crippen LogP contribution in [0.2, 0.25) is 0 Å². The molecule has 7 heteroatoms. The summed E-state index contributed by atoms with van der Waals surface area (Å²) in [6, 6.07) is 6.77. The molecule has 7 nitrogen and oxygen atoms in total. The van der Waals surface area contributed by atoms with Crippen LogP contribution >= 0.6 is 0 Å². The van der Waals surface area contributed by atoms with Crippen LogP contribution in [0.3, 0.4) is 0 Å². The molecule has 0 aromatic heterocycles. The number of nitro groups is 1. The van der Waals surface area contributed by atoms with Crippen LogP contribution in [0.15, 0.2) is 29.3 Å². The van der Waals surface area contributed by atoms with E-state index in [0.717, 1.165) is 63.1 Å². The number of aliphatic hydroxyl groups is 1. The first-order valence-electron chi connectivity index (χ1n) is 10.4. The topological polar surface area (TPSA) is 99.8 Å². The Morgan fingerprint density at radius 2 is 1.82 bits per heavy atom. The Kier molecular flexibility index (Phi) is 11.2. The monoisotopic (exact) mass is 392 g/mol. The van der Waals surface area contributed by atoms with E-state index in [1.807, 2.05) is 19.1 Å². The first-order chi connectivity index (χ1) is 13.5. The standard InChI is InChI=1S/C21H36N4O3/c1-4-21(5-2,14-16-26)17-24-20(22-6-3)23-15-8-7-9-18-10-12-19(13-11-18)25(27)28/h10-13,26H,4-9,14-17H2,1-3H3,(H2,22,23,24). The van der Waals surface area contributed by atoms with Gasteiger partial charge in [0.05, 0.1) is 4.92 Å². The molecular weight excluding hydrogens is 356 g/mol. The number of aliphatic imine (C=N–C) groups is 1. The molecule has 0 spiro atoms. The Bertz CT molecular complexity index is 598. The zero-order valence-electron chi connectivity index (χ0n) is 17.5. The van der Waals surface area contributed by atoms with Crippen molar-refractivity contribution in [2.45, 2.75) is 59.3 Å². The van der Waals surface area contributed by atoms with Gasteiger partial charge in [-0.3, -0.25) is 15.1 Å². The maximum Gasteiger partial charge on any atom is 0.269 e. The van der Waals surface area contributed by atoms with E-state index in [4.69, 9.17) is 4.99 Å². The molecule has 0 unspecified atom stereocenters. The van der Waals surface area contributed by atoms with Gasteiger partial charge in [-0.1, -0.05) is 26.0 Å². The minimum Gasteiger partial charge on any atom is -0.396 e. The molecule has 0 bridgehead atoms. The maximum absolute atomic E-state index is 10.7. The number of hydrogen-bond donors (Lipinski definition) is 3. The first-order valence-corrected chi connectivity index (χ1v) is 10.4. The number of nitrogens with zero attached hydrogens (tertiary/aromatic N) is 2. The van der Waals surface area contributed by atoms with Crippen molar-refractivity contribution in [3.8, 4) is 0 Å². The van der Waals surface area contributed by atoms with E-state index in [2.05, 4.69) is 24.5 Å². The van der Waals surface area contributed by atoms with Crippen LogP contribution in [0.5, 0.6) is 0 Å². The Hall–Kier alpha value is -2.15. The number of nitrogens with one attached hydrogen (secondary N) is 2. The molecule has 0 heterocycles. The molecule has 0 aliphatic heterocycles. The highest BCUT2D eigenvalue weighted by Crippen LogP contribution is 2.30. The second-order valence-corrected chi connectivity index (χ2v) is 7.18. The van der Waals surface area contributed by atoms with Crippen LogP contribution < -0.4 is 10.6 Å². The van der Waals surface area contributed by atoms with Gasteiger partial charge >= 0.3 is 0 Å². The molecule has 1 rings (SSSR count). The summed E-state index contributed by atoms with van der Waals surface area (Å²) in [5.74, 6) is 0.821. The van der Waals surface area contributed by atoms with Gasteiger partial charge < -0.3 is 15.7 Å². The predicted octanol–water partition coefficient (Wildman–Crippen LogP) is 3.66. The van der Waals surface area contributed by atoms with Crippen molar-refractivity contribution in [2.24, 2.45) is 10.4 Å². The lowest BCUT2D eigenvalue weighted by molar-refractivity contribution is -0.384. The number of guanidine groups is 1. The van der Waals surface area contributed by atoms with Crippen LogP contribution in [-0.2, 0) is 6.42 Å². The zero-order valence-corrected chi connectivity index (χ0v) is 17.5. The van der Waals surface area contributed by atoms with E-state index in [9.17, 15) is 15.2 Å². The first kappa shape index (κ1) is 23.9. The number of hydrogen-bond acceptors (Lipinski definition) is 4. The zero-order chi connectivity index (χ0) is 20.8. The van der Waals surface area contributed by atoms with Gasteiger partial charge in [0, 0.05) is 38.4 Å². The number of aryl methyl sites for hydroxylation is 1. The lowest BCUT2D eigenvalue weighted by Crippen LogP contribution is -2.39. The van der Waals surface area contributed by atoms with Crippen LogP contribution in [0.25, 0.3) is 0 Å². The van der Waals surface area contributed by atoms with Gasteiger partial charge in [0.15, 0.2) is 5.96 Å². The maximum atomic E-state index is 10.7. The van der Waals surface area contributed by atoms with Gasteiger partial charge in [-0.15, -0.1) is 0 Å². The quantitative estimate of drug-likeness (QED) is 0.156. The summed E-state index contributed by atoms with van der Waals surface area (Å²) in [4.78, 5) is 15.1. The van der Waals surface area contributed by atoms with Crippen molar-refractivity contribution >= 4 is 11.6 Å². The third-order valence-corrected chi connectivity index (χ3v) is 5.39. The van der Waals surface area contributed by atoms with E-state index in [1.165, 1.54) is 0 Å². The molecule has 0 saturated carbocycles. The summed E-state index contributed by atoms with van der Waals surface area (Å²) in [6.45, 7) is 8.90. The van der Waals surface area contributed by atoms with Gasteiger partial charge in [-0.2, -0.15) is 0 Å². The van der Waals surface area contributed by atoms with Crippen LogP contribution in [0.4, 0.5) is 5.69 Å². The average Bonchev–Trinajstić information content (AvgIpc) is 2.71. The normalized spacial score (nSPS) is 12.1. The molecule has 0 radical (unpaired) electrons. The van der Waals surface area contributed by atoms with Crippen LogP contribution in [0, 0.1) is 15.5 Å². The molecule has 0 fully saturated rings. The highest BCUT2D eigenvalue weighted by molar-refractivity contribution is 5.79. The van der Waals surface area contributed by atoms with Crippen molar-refractivity contribution in [1.29, 1.82) is 0 Å². The van der Waals surface area contributed by atoms with Crippen molar-refractivity contribution in [3.63, 3.8) is 0 Å². The Morgan fingerprint density at radius 3 is 2.36 bits per heavy atom. The van der Waals surface area contributed by atoms with Gasteiger partial charge in [-0.25, -0.2) is 0 Å². The van der Waals surface area contributed by atoms with Gasteiger partial charge in [-0.05, 0) is 56.4 Å². The fraction of sp³-hybridized carbons (Fsp3) is 0.667. The van der Waals surface area contributed by atoms with E-state index >= 15 is 0 Å². The van der Waals surface area contributed by atoms with E-state index in [-0.39, 0.29) is 22.6 Å². The Balaban J connectivity index is 2.44. The van der Waals surface area contributed by atoms with Crippen molar-refractivity contribution < 1.29 is 10.0 Å². The molecule has 1 aromatic carbocycles. The predicted molar refractivity (Wildman–Crippen MR) is 115 cm³/mol. The van der Waals surface area contributed by atoms with Crippen molar-refractivity contribution in [3.05, 3.63) is 39.9 Å². The Labute approximate surface area is 168 Å². The van der Waals surface area contributed by atoms with Gasteiger partial charge in [0.25, 0.3) is 5.69 Å². The van der Waals surface area contributed by atoms with E-state index < -0.39 is 0 Å². The molecule has 0 amide bonds. The smallest absolute Gasteiger partial charge is 0.269 e. The summed E-state index contributed by atoms with van der Waals surface area (Å²) < 4.78 is 0. The third kappa shape index (κ3) is 8.25. The summed E-state index contributed by atoms with van der Waals surface area (Å²) in [6.07, 6.45) is 5.68. The molecule has 158 valence electrons. The third-order valence-electron chi connectivity index (χ3n) is 5.39. The van der Waals surface area contributed by atoms with Crippen LogP contribution in [0.1, 0.15) is 58.4 Å². The van der Waals surface area contributed by atoms with Crippen molar-refractivity contribution in [2.75, 3.05) is 26.2 Å². The fourth-order valence-electron chi connectivity index (χ4n) is 3.18. The van der Waals surface area contributed by atoms with Gasteiger partial charge in [0.2, 0.25) is 0 Å².